The summed E-state index contributed by atoms with van der Waals surface area (Å²) >= 11 is 12.3. The fraction of sp³-hybridized carbons (Fsp3) is 0.345. The average Bonchev–Trinajstić information content (AvgIpc) is 3.57. The van der Waals surface area contributed by atoms with Gasteiger partial charge in [-0.2, -0.15) is 0 Å². The van der Waals surface area contributed by atoms with E-state index in [9.17, 15) is 14.9 Å². The molecular weight excluding hydrogens is 586 g/mol. The second kappa shape index (κ2) is 10.5. The highest BCUT2D eigenvalue weighted by atomic mass is 79.9. The molecule has 3 aliphatic rings. The van der Waals surface area contributed by atoms with Gasteiger partial charge in [0.1, 0.15) is 0 Å². The van der Waals surface area contributed by atoms with Crippen LogP contribution in [-0.2, 0) is 0 Å². The molecule has 3 aromatic rings. The van der Waals surface area contributed by atoms with Crippen molar-refractivity contribution in [2.75, 3.05) is 18.4 Å². The molecule has 3 aromatic carbocycles. The summed E-state index contributed by atoms with van der Waals surface area (Å²) in [5, 5.41) is 15.2. The largest absolute Gasteiger partial charge is 0.377 e. The van der Waals surface area contributed by atoms with Crippen molar-refractivity contribution in [3.05, 3.63) is 98.0 Å². The van der Waals surface area contributed by atoms with Gasteiger partial charge in [-0.25, -0.2) is 0 Å². The van der Waals surface area contributed by atoms with Crippen molar-refractivity contribution < 1.29 is 9.72 Å². The first-order chi connectivity index (χ1) is 18.4. The molecule has 2 fully saturated rings. The van der Waals surface area contributed by atoms with E-state index in [4.69, 9.17) is 11.6 Å². The zero-order chi connectivity index (χ0) is 26.4. The van der Waals surface area contributed by atoms with Crippen LogP contribution in [0.2, 0.25) is 0 Å². The Bertz CT molecular complexity index is 1380. The molecule has 2 heterocycles. The number of alkyl halides is 1. The Kier molecular flexibility index (Phi) is 7.14. The number of benzene rings is 3. The van der Waals surface area contributed by atoms with Crippen molar-refractivity contribution in [2.45, 2.75) is 46.7 Å². The molecule has 1 saturated heterocycles. The second-order valence-electron chi connectivity index (χ2n) is 10.2. The van der Waals surface area contributed by atoms with Crippen LogP contribution in [0.1, 0.15) is 52.7 Å². The van der Waals surface area contributed by atoms with Crippen LogP contribution < -0.4 is 5.32 Å². The van der Waals surface area contributed by atoms with Gasteiger partial charge in [0.25, 0.3) is 11.6 Å². The maximum absolute atomic E-state index is 13.6. The summed E-state index contributed by atoms with van der Waals surface area (Å²) in [6.07, 6.45) is 2.87. The van der Waals surface area contributed by atoms with Crippen LogP contribution >= 0.6 is 39.3 Å². The smallest absolute Gasteiger partial charge is 0.282 e. The van der Waals surface area contributed by atoms with Crippen LogP contribution in [0.25, 0.3) is 0 Å². The van der Waals surface area contributed by atoms with Gasteiger partial charge in [0, 0.05) is 34.8 Å². The Morgan fingerprint density at radius 2 is 1.79 bits per heavy atom. The molecule has 0 radical (unpaired) electrons. The minimum atomic E-state index is -0.328. The summed E-state index contributed by atoms with van der Waals surface area (Å²) in [6, 6.07) is 21.1. The van der Waals surface area contributed by atoms with Crippen molar-refractivity contribution in [3.63, 3.8) is 0 Å². The van der Waals surface area contributed by atoms with Gasteiger partial charge < -0.3 is 10.2 Å². The number of hydrogen-bond donors (Lipinski definition) is 1. The molecule has 196 valence electrons. The molecule has 1 saturated carbocycles. The van der Waals surface area contributed by atoms with Crippen LogP contribution in [0.3, 0.4) is 0 Å². The predicted octanol–water partition coefficient (Wildman–Crippen LogP) is 7.63. The van der Waals surface area contributed by atoms with Crippen molar-refractivity contribution in [1.29, 1.82) is 0 Å². The number of amides is 1. The molecule has 0 bridgehead atoms. The molecule has 9 heteroatoms. The number of halogens is 2. The number of anilines is 1. The van der Waals surface area contributed by atoms with Crippen molar-refractivity contribution in [3.8, 4) is 0 Å². The average molecular weight is 613 g/mol. The lowest BCUT2D eigenvalue weighted by Crippen LogP contribution is -2.34. The fourth-order valence-electron chi connectivity index (χ4n) is 6.28. The van der Waals surface area contributed by atoms with E-state index in [0.29, 0.717) is 10.5 Å². The molecule has 6 nitrogen and oxygen atoms in total. The molecule has 2 aliphatic heterocycles. The van der Waals surface area contributed by atoms with E-state index in [2.05, 4.69) is 39.4 Å². The lowest BCUT2D eigenvalue weighted by Gasteiger charge is -2.39. The molecular formula is C29H27BrClN3O3S. The van der Waals surface area contributed by atoms with E-state index in [1.165, 1.54) is 11.8 Å². The first kappa shape index (κ1) is 25.7. The molecule has 1 aliphatic carbocycles. The van der Waals surface area contributed by atoms with Gasteiger partial charge in [0.05, 0.1) is 32.5 Å². The zero-order valence-corrected chi connectivity index (χ0v) is 23.7. The number of rotatable bonds is 5. The summed E-state index contributed by atoms with van der Waals surface area (Å²) in [4.78, 5) is 27.5. The van der Waals surface area contributed by atoms with E-state index in [1.54, 1.807) is 18.2 Å². The standard InChI is InChI=1S/C29H27BrClN3O3S/c30-18-12-10-17(11-13-18)27-21-16-24(38-23-9-2-1-8-22(23)34(36)37)26(31)25(21)19-6-5-7-20(28(19)32-27)29(35)33-14-3-4-15-33/h1-2,5-13,21,24-27,32H,3-4,14-16H2. The highest BCUT2D eigenvalue weighted by Crippen LogP contribution is 2.58. The quantitative estimate of drug-likeness (QED) is 0.182. The Labute approximate surface area is 239 Å². The van der Waals surface area contributed by atoms with Gasteiger partial charge in [-0.1, -0.05) is 52.3 Å². The summed E-state index contributed by atoms with van der Waals surface area (Å²) in [5.74, 6) is 0.242. The molecule has 0 spiro atoms. The topological polar surface area (TPSA) is 75.5 Å². The van der Waals surface area contributed by atoms with Crippen LogP contribution in [0, 0.1) is 16.0 Å². The Balaban J connectivity index is 1.41. The fourth-order valence-corrected chi connectivity index (χ4v) is 8.49. The molecule has 5 unspecified atom stereocenters. The lowest BCUT2D eigenvalue weighted by atomic mass is 9.76. The van der Waals surface area contributed by atoms with E-state index in [1.807, 2.05) is 35.2 Å². The van der Waals surface area contributed by atoms with Gasteiger partial charge in [-0.05, 0) is 60.6 Å². The number of carbonyl (C=O) groups is 1. The van der Waals surface area contributed by atoms with Gasteiger partial charge in [0.15, 0.2) is 0 Å². The van der Waals surface area contributed by atoms with E-state index in [0.717, 1.165) is 53.6 Å². The number of nitrogens with one attached hydrogen (secondary N) is 1. The van der Waals surface area contributed by atoms with Crippen LogP contribution in [0.4, 0.5) is 11.4 Å². The number of nitro benzene ring substituents is 1. The molecule has 38 heavy (non-hydrogen) atoms. The van der Waals surface area contributed by atoms with Crippen LogP contribution in [0.5, 0.6) is 0 Å². The summed E-state index contributed by atoms with van der Waals surface area (Å²) in [5.41, 5.74) is 3.89. The minimum Gasteiger partial charge on any atom is -0.377 e. The summed E-state index contributed by atoms with van der Waals surface area (Å²) < 4.78 is 1.00. The summed E-state index contributed by atoms with van der Waals surface area (Å²) in [7, 11) is 0. The van der Waals surface area contributed by atoms with E-state index >= 15 is 0 Å². The maximum Gasteiger partial charge on any atom is 0.282 e. The Hall–Kier alpha value is -2.55. The molecule has 0 aromatic heterocycles. The molecule has 1 amide bonds. The first-order valence-electron chi connectivity index (χ1n) is 12.9. The van der Waals surface area contributed by atoms with Crippen molar-refractivity contribution in [1.82, 2.24) is 4.90 Å². The number of hydrogen-bond acceptors (Lipinski definition) is 5. The third-order valence-electron chi connectivity index (χ3n) is 8.04. The van der Waals surface area contributed by atoms with Gasteiger partial charge >= 0.3 is 0 Å². The number of nitro groups is 1. The normalized spacial score (nSPS) is 25.9. The van der Waals surface area contributed by atoms with E-state index in [-0.39, 0.29) is 45.0 Å². The van der Waals surface area contributed by atoms with Crippen LogP contribution in [0.15, 0.2) is 76.1 Å². The SMILES string of the molecule is O=C(c1cccc2c1NC(c1ccc(Br)cc1)C1CC(Sc3ccccc3[N+](=O)[O-])C(Cl)C21)N1CCCC1. The van der Waals surface area contributed by atoms with E-state index < -0.39 is 0 Å². The van der Waals surface area contributed by atoms with Crippen molar-refractivity contribution in [2.24, 2.45) is 5.92 Å². The summed E-state index contributed by atoms with van der Waals surface area (Å²) in [6.45, 7) is 1.58. The highest BCUT2D eigenvalue weighted by molar-refractivity contribution is 9.10. The van der Waals surface area contributed by atoms with Crippen molar-refractivity contribution >= 4 is 56.6 Å². The van der Waals surface area contributed by atoms with Crippen LogP contribution in [-0.4, -0.2) is 39.4 Å². The zero-order valence-electron chi connectivity index (χ0n) is 20.6. The molecule has 1 N–H and O–H groups in total. The second-order valence-corrected chi connectivity index (χ2v) is 12.9. The minimum absolute atomic E-state index is 0.00756. The number of carbonyl (C=O) groups excluding carboxylic acids is 1. The van der Waals surface area contributed by atoms with Gasteiger partial charge in [-0.3, -0.25) is 14.9 Å². The number of fused-ring (bicyclic) bond motifs is 3. The Morgan fingerprint density at radius 3 is 2.53 bits per heavy atom. The number of para-hydroxylation sites is 2. The monoisotopic (exact) mass is 611 g/mol. The van der Waals surface area contributed by atoms with Gasteiger partial charge in [-0.15, -0.1) is 23.4 Å². The first-order valence-corrected chi connectivity index (χ1v) is 15.0. The number of thioether (sulfide) groups is 1. The number of nitrogens with zero attached hydrogens (tertiary/aromatic N) is 2. The molecule has 6 rings (SSSR count). The highest BCUT2D eigenvalue weighted by Gasteiger charge is 2.51. The molecule has 5 atom stereocenters. The maximum atomic E-state index is 13.6. The van der Waals surface area contributed by atoms with Gasteiger partial charge in [0.2, 0.25) is 0 Å². The number of likely N-dealkylation sites (tertiary alicyclic amines) is 1. The Morgan fingerprint density at radius 1 is 1.05 bits per heavy atom. The lowest BCUT2D eigenvalue weighted by molar-refractivity contribution is -0.387. The third kappa shape index (κ3) is 4.61. The third-order valence-corrected chi connectivity index (χ3v) is 10.7. The predicted molar refractivity (Wildman–Crippen MR) is 155 cm³/mol.